The summed E-state index contributed by atoms with van der Waals surface area (Å²) in [4.78, 5) is 47.1. The molecule has 8 nitrogen and oxygen atoms in total. The number of hydrogen-bond donors (Lipinski definition) is 3. The molecule has 2 aromatic carbocycles. The van der Waals surface area contributed by atoms with Gasteiger partial charge < -0.3 is 10.1 Å². The minimum Gasteiger partial charge on any atom is -0.456 e. The minimum absolute atomic E-state index is 0.0224. The van der Waals surface area contributed by atoms with Crippen LogP contribution >= 0.6 is 15.9 Å². The van der Waals surface area contributed by atoms with Gasteiger partial charge in [0.05, 0.1) is 0 Å². The van der Waals surface area contributed by atoms with E-state index in [1.54, 1.807) is 42.5 Å². The number of hydrogen-bond acceptors (Lipinski definition) is 5. The van der Waals surface area contributed by atoms with Crippen molar-refractivity contribution in [2.75, 3.05) is 11.9 Å². The number of hydrazine groups is 1. The molecule has 9 heteroatoms. The molecule has 2 rings (SSSR count). The first-order valence-corrected chi connectivity index (χ1v) is 10.0. The second kappa shape index (κ2) is 11.7. The van der Waals surface area contributed by atoms with E-state index >= 15 is 0 Å². The smallest absolute Gasteiger partial charge is 0.306 e. The first-order valence-electron chi connectivity index (χ1n) is 9.21. The van der Waals surface area contributed by atoms with Gasteiger partial charge in [0.25, 0.3) is 11.8 Å². The quantitative estimate of drug-likeness (QED) is 0.401. The zero-order valence-corrected chi connectivity index (χ0v) is 18.0. The van der Waals surface area contributed by atoms with Gasteiger partial charge in [-0.2, -0.15) is 0 Å². The monoisotopic (exact) mass is 475 g/mol. The number of nitrogens with one attached hydrogen (secondary N) is 3. The number of carbonyl (C=O) groups is 4. The first kappa shape index (κ1) is 23.1. The molecular formula is C21H22BrN3O5. The van der Waals surface area contributed by atoms with Crippen molar-refractivity contribution >= 4 is 45.3 Å². The number of ether oxygens (including phenoxy) is 1. The van der Waals surface area contributed by atoms with E-state index in [0.29, 0.717) is 11.3 Å². The number of amides is 3. The van der Waals surface area contributed by atoms with Crippen LogP contribution in [0.25, 0.3) is 0 Å². The molecule has 158 valence electrons. The van der Waals surface area contributed by atoms with Gasteiger partial charge in [-0.1, -0.05) is 34.1 Å². The van der Waals surface area contributed by atoms with Crippen molar-refractivity contribution in [3.05, 3.63) is 64.1 Å². The Morgan fingerprint density at radius 2 is 1.67 bits per heavy atom. The fraction of sp³-hybridized carbons (Fsp3) is 0.238. The van der Waals surface area contributed by atoms with Gasteiger partial charge in [0.2, 0.25) is 5.91 Å². The number of rotatable bonds is 8. The molecule has 0 fully saturated rings. The van der Waals surface area contributed by atoms with Gasteiger partial charge in [-0.3, -0.25) is 30.0 Å². The fourth-order valence-corrected chi connectivity index (χ4v) is 2.63. The summed E-state index contributed by atoms with van der Waals surface area (Å²) in [5.74, 6) is -1.91. The summed E-state index contributed by atoms with van der Waals surface area (Å²) < 4.78 is 5.83. The highest BCUT2D eigenvalue weighted by Gasteiger charge is 2.11. The molecule has 0 aromatic heterocycles. The molecule has 0 spiro atoms. The number of benzene rings is 2. The van der Waals surface area contributed by atoms with Gasteiger partial charge in [-0.25, -0.2) is 0 Å². The van der Waals surface area contributed by atoms with Crippen molar-refractivity contribution in [3.8, 4) is 0 Å². The van der Waals surface area contributed by atoms with Crippen LogP contribution < -0.4 is 16.2 Å². The van der Waals surface area contributed by atoms with Gasteiger partial charge >= 0.3 is 5.97 Å². The lowest BCUT2D eigenvalue weighted by atomic mass is 10.2. The van der Waals surface area contributed by atoms with Crippen LogP contribution in [0, 0.1) is 6.92 Å². The number of carbonyl (C=O) groups excluding carboxylic acids is 4. The topological polar surface area (TPSA) is 114 Å². The largest absolute Gasteiger partial charge is 0.456 e. The van der Waals surface area contributed by atoms with E-state index in [4.69, 9.17) is 4.74 Å². The molecule has 0 saturated heterocycles. The maximum atomic E-state index is 11.9. The molecule has 0 heterocycles. The molecule has 3 amide bonds. The Morgan fingerprint density at radius 1 is 0.933 bits per heavy atom. The van der Waals surface area contributed by atoms with Gasteiger partial charge in [0, 0.05) is 28.6 Å². The molecule has 0 aliphatic rings. The van der Waals surface area contributed by atoms with E-state index in [1.807, 2.05) is 13.0 Å². The van der Waals surface area contributed by atoms with E-state index in [2.05, 4.69) is 32.1 Å². The van der Waals surface area contributed by atoms with Gasteiger partial charge in [0.1, 0.15) is 0 Å². The molecule has 0 atom stereocenters. The lowest BCUT2D eigenvalue weighted by Crippen LogP contribution is -2.41. The highest BCUT2D eigenvalue weighted by atomic mass is 79.9. The summed E-state index contributed by atoms with van der Waals surface area (Å²) in [6.45, 7) is 1.48. The zero-order chi connectivity index (χ0) is 21.9. The number of halogens is 1. The minimum atomic E-state index is -0.585. The lowest BCUT2D eigenvalue weighted by Gasteiger charge is -2.08. The molecule has 2 aromatic rings. The molecule has 30 heavy (non-hydrogen) atoms. The van der Waals surface area contributed by atoms with Crippen molar-refractivity contribution in [1.82, 2.24) is 10.9 Å². The van der Waals surface area contributed by atoms with Crippen LogP contribution in [0.2, 0.25) is 0 Å². The summed E-state index contributed by atoms with van der Waals surface area (Å²) in [5, 5.41) is 2.64. The maximum Gasteiger partial charge on any atom is 0.306 e. The number of esters is 1. The Kier molecular flexibility index (Phi) is 9.02. The summed E-state index contributed by atoms with van der Waals surface area (Å²) in [6.07, 6.45) is 0.221. The second-order valence-corrected chi connectivity index (χ2v) is 7.25. The van der Waals surface area contributed by atoms with Crippen LogP contribution in [0.4, 0.5) is 5.69 Å². The third-order valence-electron chi connectivity index (χ3n) is 3.94. The van der Waals surface area contributed by atoms with Crippen molar-refractivity contribution < 1.29 is 23.9 Å². The highest BCUT2D eigenvalue weighted by Crippen LogP contribution is 2.19. The fourth-order valence-electron chi connectivity index (χ4n) is 2.38. The van der Waals surface area contributed by atoms with Crippen molar-refractivity contribution in [2.24, 2.45) is 0 Å². The molecule has 3 N–H and O–H groups in total. The summed E-state index contributed by atoms with van der Waals surface area (Å²) >= 11 is 3.38. The van der Waals surface area contributed by atoms with Gasteiger partial charge in [-0.05, 0) is 49.2 Å². The third kappa shape index (κ3) is 8.04. The predicted molar refractivity (Wildman–Crippen MR) is 114 cm³/mol. The average Bonchev–Trinajstić information content (AvgIpc) is 2.74. The SMILES string of the molecule is Cc1cc(NC(=O)COC(=O)CCCC(=O)NNC(=O)c2ccccc2)ccc1Br. The Morgan fingerprint density at radius 3 is 2.37 bits per heavy atom. The normalized spacial score (nSPS) is 10.1. The van der Waals surface area contributed by atoms with Crippen molar-refractivity contribution in [3.63, 3.8) is 0 Å². The Labute approximate surface area is 182 Å². The lowest BCUT2D eigenvalue weighted by molar-refractivity contribution is -0.147. The summed E-state index contributed by atoms with van der Waals surface area (Å²) in [5.41, 5.74) is 6.56. The molecule has 0 unspecified atom stereocenters. The second-order valence-electron chi connectivity index (χ2n) is 6.39. The Bertz CT molecular complexity index is 918. The molecule has 0 aliphatic heterocycles. The van der Waals surface area contributed by atoms with Crippen LogP contribution in [0.15, 0.2) is 53.0 Å². The maximum absolute atomic E-state index is 11.9. The highest BCUT2D eigenvalue weighted by molar-refractivity contribution is 9.10. The van der Waals surface area contributed by atoms with E-state index in [1.165, 1.54) is 0 Å². The predicted octanol–water partition coefficient (Wildman–Crippen LogP) is 2.87. The summed E-state index contributed by atoms with van der Waals surface area (Å²) in [7, 11) is 0. The summed E-state index contributed by atoms with van der Waals surface area (Å²) in [6, 6.07) is 13.8. The molecule has 0 radical (unpaired) electrons. The number of anilines is 1. The van der Waals surface area contributed by atoms with Crippen LogP contribution in [-0.2, 0) is 19.1 Å². The molecular weight excluding hydrogens is 454 g/mol. The molecule has 0 aliphatic carbocycles. The first-order chi connectivity index (χ1) is 14.3. The third-order valence-corrected chi connectivity index (χ3v) is 4.83. The Hall–Kier alpha value is -3.20. The van der Waals surface area contributed by atoms with E-state index in [0.717, 1.165) is 10.0 Å². The zero-order valence-electron chi connectivity index (χ0n) is 16.4. The van der Waals surface area contributed by atoms with Crippen LogP contribution in [0.5, 0.6) is 0 Å². The van der Waals surface area contributed by atoms with E-state index in [-0.39, 0.29) is 19.3 Å². The van der Waals surface area contributed by atoms with Gasteiger partial charge in [-0.15, -0.1) is 0 Å². The average molecular weight is 476 g/mol. The van der Waals surface area contributed by atoms with Gasteiger partial charge in [0.15, 0.2) is 6.61 Å². The van der Waals surface area contributed by atoms with E-state index < -0.39 is 30.3 Å². The van der Waals surface area contributed by atoms with Crippen molar-refractivity contribution in [1.29, 1.82) is 0 Å². The standard InChI is InChI=1S/C21H22BrN3O5/c1-14-12-16(10-11-17(14)22)23-19(27)13-30-20(28)9-5-8-18(26)24-25-21(29)15-6-3-2-4-7-15/h2-4,6-7,10-12H,5,8-9,13H2,1H3,(H,23,27)(H,24,26)(H,25,29). The Balaban J connectivity index is 1.60. The van der Waals surface area contributed by atoms with E-state index in [9.17, 15) is 19.2 Å². The van der Waals surface area contributed by atoms with Crippen LogP contribution in [-0.4, -0.2) is 30.3 Å². The molecule has 0 saturated carbocycles. The van der Waals surface area contributed by atoms with Crippen molar-refractivity contribution in [2.45, 2.75) is 26.2 Å². The molecule has 0 bridgehead atoms. The van der Waals surface area contributed by atoms with Crippen LogP contribution in [0.3, 0.4) is 0 Å². The van der Waals surface area contributed by atoms with Crippen LogP contribution in [0.1, 0.15) is 35.2 Å². The number of aryl methyl sites for hydroxylation is 1.